The molecule has 2 unspecified atom stereocenters. The Bertz CT molecular complexity index is 366. The second-order valence-corrected chi connectivity index (χ2v) is 5.94. The summed E-state index contributed by atoms with van der Waals surface area (Å²) in [4.78, 5) is 27.9. The van der Waals surface area contributed by atoms with Crippen LogP contribution in [0.1, 0.15) is 38.5 Å². The summed E-state index contributed by atoms with van der Waals surface area (Å²) in [6.07, 6.45) is 6.54. The van der Waals surface area contributed by atoms with E-state index in [-0.39, 0.29) is 17.9 Å². The molecule has 0 aromatic rings. The molecule has 3 aliphatic heterocycles. The molecule has 1 N–H and O–H groups in total. The minimum Gasteiger partial charge on any atom is -0.332 e. The fourth-order valence-electron chi connectivity index (χ4n) is 3.54. The molecule has 0 spiro atoms. The van der Waals surface area contributed by atoms with Crippen molar-refractivity contribution in [1.82, 2.24) is 15.1 Å². The van der Waals surface area contributed by atoms with Gasteiger partial charge >= 0.3 is 0 Å². The SMILES string of the molecule is O=C1C2CCCN2C(=O)CN1CCC1CCCCN1. The Kier molecular flexibility index (Phi) is 3.73. The van der Waals surface area contributed by atoms with Gasteiger partial charge in [0.15, 0.2) is 0 Å². The highest BCUT2D eigenvalue weighted by atomic mass is 16.2. The molecule has 3 saturated heterocycles. The average molecular weight is 265 g/mol. The van der Waals surface area contributed by atoms with Gasteiger partial charge in [-0.3, -0.25) is 9.59 Å². The molecule has 5 nitrogen and oxygen atoms in total. The number of nitrogens with one attached hydrogen (secondary N) is 1. The van der Waals surface area contributed by atoms with Gasteiger partial charge in [-0.05, 0) is 38.6 Å². The Labute approximate surface area is 114 Å². The third kappa shape index (κ3) is 2.61. The summed E-state index contributed by atoms with van der Waals surface area (Å²) < 4.78 is 0. The second-order valence-electron chi connectivity index (χ2n) is 5.94. The largest absolute Gasteiger partial charge is 0.332 e. The first kappa shape index (κ1) is 12.9. The van der Waals surface area contributed by atoms with Gasteiger partial charge in [0, 0.05) is 19.1 Å². The number of amides is 2. The number of piperidine rings is 1. The Balaban J connectivity index is 1.55. The summed E-state index contributed by atoms with van der Waals surface area (Å²) in [5.41, 5.74) is 0. The van der Waals surface area contributed by atoms with E-state index in [1.807, 2.05) is 0 Å². The summed E-state index contributed by atoms with van der Waals surface area (Å²) in [5, 5.41) is 3.50. The van der Waals surface area contributed by atoms with Crippen molar-refractivity contribution in [1.29, 1.82) is 0 Å². The molecule has 0 bridgehead atoms. The quantitative estimate of drug-likeness (QED) is 0.801. The third-order valence-corrected chi connectivity index (χ3v) is 4.66. The lowest BCUT2D eigenvalue weighted by molar-refractivity contribution is -0.153. The van der Waals surface area contributed by atoms with E-state index in [9.17, 15) is 9.59 Å². The van der Waals surface area contributed by atoms with Crippen molar-refractivity contribution < 1.29 is 9.59 Å². The first-order valence-electron chi connectivity index (χ1n) is 7.57. The fraction of sp³-hybridized carbons (Fsp3) is 0.857. The first-order chi connectivity index (χ1) is 9.25. The van der Waals surface area contributed by atoms with E-state index >= 15 is 0 Å². The summed E-state index contributed by atoms with van der Waals surface area (Å²) in [5.74, 6) is 0.312. The number of carbonyl (C=O) groups is 2. The van der Waals surface area contributed by atoms with Crippen molar-refractivity contribution in [3.05, 3.63) is 0 Å². The van der Waals surface area contributed by atoms with Gasteiger partial charge in [0.05, 0.1) is 6.54 Å². The molecule has 3 heterocycles. The van der Waals surface area contributed by atoms with Crippen molar-refractivity contribution >= 4 is 11.8 Å². The number of carbonyl (C=O) groups excluding carboxylic acids is 2. The van der Waals surface area contributed by atoms with Crippen LogP contribution in [0.25, 0.3) is 0 Å². The predicted octanol–water partition coefficient (Wildman–Crippen LogP) is 0.352. The van der Waals surface area contributed by atoms with E-state index in [2.05, 4.69) is 5.32 Å². The summed E-state index contributed by atoms with van der Waals surface area (Å²) in [6, 6.07) is 0.374. The molecule has 19 heavy (non-hydrogen) atoms. The number of rotatable bonds is 3. The van der Waals surface area contributed by atoms with Crippen LogP contribution in [0.15, 0.2) is 0 Å². The predicted molar refractivity (Wildman–Crippen MR) is 71.6 cm³/mol. The van der Waals surface area contributed by atoms with E-state index in [4.69, 9.17) is 0 Å². The summed E-state index contributed by atoms with van der Waals surface area (Å²) >= 11 is 0. The van der Waals surface area contributed by atoms with Crippen molar-refractivity contribution in [2.45, 2.75) is 50.6 Å². The first-order valence-corrected chi connectivity index (χ1v) is 7.57. The molecule has 3 fully saturated rings. The Hall–Kier alpha value is -1.10. The van der Waals surface area contributed by atoms with E-state index in [0.717, 1.165) is 38.9 Å². The minimum atomic E-state index is -0.152. The zero-order valence-electron chi connectivity index (χ0n) is 11.4. The zero-order chi connectivity index (χ0) is 13.2. The molecule has 0 aromatic carbocycles. The molecule has 0 radical (unpaired) electrons. The highest BCUT2D eigenvalue weighted by molar-refractivity contribution is 5.95. The maximum Gasteiger partial charge on any atom is 0.245 e. The van der Waals surface area contributed by atoms with E-state index in [1.165, 1.54) is 19.3 Å². The van der Waals surface area contributed by atoms with Gasteiger partial charge in [-0.2, -0.15) is 0 Å². The van der Waals surface area contributed by atoms with Gasteiger partial charge in [-0.25, -0.2) is 0 Å². The van der Waals surface area contributed by atoms with Crippen molar-refractivity contribution in [2.75, 3.05) is 26.2 Å². The molecule has 106 valence electrons. The highest BCUT2D eigenvalue weighted by Gasteiger charge is 2.41. The topological polar surface area (TPSA) is 52.7 Å². The van der Waals surface area contributed by atoms with Crippen LogP contribution in [0.3, 0.4) is 0 Å². The second kappa shape index (κ2) is 5.49. The lowest BCUT2D eigenvalue weighted by Gasteiger charge is -2.37. The lowest BCUT2D eigenvalue weighted by atomic mass is 10.0. The lowest BCUT2D eigenvalue weighted by Crippen LogP contribution is -2.57. The van der Waals surface area contributed by atoms with E-state index < -0.39 is 0 Å². The maximum absolute atomic E-state index is 12.3. The highest BCUT2D eigenvalue weighted by Crippen LogP contribution is 2.24. The summed E-state index contributed by atoms with van der Waals surface area (Å²) in [7, 11) is 0. The van der Waals surface area contributed by atoms with Crippen LogP contribution in [-0.2, 0) is 9.59 Å². The Morgan fingerprint density at radius 2 is 2.05 bits per heavy atom. The molecule has 0 aliphatic carbocycles. The van der Waals surface area contributed by atoms with Gasteiger partial charge in [0.25, 0.3) is 0 Å². The Morgan fingerprint density at radius 1 is 1.16 bits per heavy atom. The van der Waals surface area contributed by atoms with Gasteiger partial charge < -0.3 is 15.1 Å². The van der Waals surface area contributed by atoms with E-state index in [1.54, 1.807) is 9.80 Å². The van der Waals surface area contributed by atoms with E-state index in [0.29, 0.717) is 12.6 Å². The molecule has 5 heteroatoms. The third-order valence-electron chi connectivity index (χ3n) is 4.66. The summed E-state index contributed by atoms with van der Waals surface area (Å²) in [6.45, 7) is 2.88. The molecule has 2 atom stereocenters. The molecule has 2 amide bonds. The molecule has 0 saturated carbocycles. The van der Waals surface area contributed by atoms with Gasteiger partial charge in [0.2, 0.25) is 11.8 Å². The van der Waals surface area contributed by atoms with Crippen LogP contribution in [0.2, 0.25) is 0 Å². The Morgan fingerprint density at radius 3 is 2.84 bits per heavy atom. The number of hydrogen-bond acceptors (Lipinski definition) is 3. The average Bonchev–Trinajstić information content (AvgIpc) is 2.92. The van der Waals surface area contributed by atoms with Crippen LogP contribution in [-0.4, -0.2) is 59.9 Å². The van der Waals surface area contributed by atoms with Crippen molar-refractivity contribution in [3.8, 4) is 0 Å². The molecule has 3 rings (SSSR count). The van der Waals surface area contributed by atoms with Gasteiger partial charge in [-0.15, -0.1) is 0 Å². The number of piperazine rings is 1. The number of hydrogen-bond donors (Lipinski definition) is 1. The van der Waals surface area contributed by atoms with Gasteiger partial charge in [-0.1, -0.05) is 6.42 Å². The molecular weight excluding hydrogens is 242 g/mol. The molecule has 0 aromatic heterocycles. The van der Waals surface area contributed by atoms with Crippen molar-refractivity contribution in [3.63, 3.8) is 0 Å². The molecular formula is C14H23N3O2. The van der Waals surface area contributed by atoms with Crippen LogP contribution in [0.4, 0.5) is 0 Å². The smallest absolute Gasteiger partial charge is 0.245 e. The van der Waals surface area contributed by atoms with Crippen LogP contribution in [0.5, 0.6) is 0 Å². The standard InChI is InChI=1S/C14H23N3O2/c18-13-10-16(9-6-11-4-1-2-7-15-11)14(19)12-5-3-8-17(12)13/h11-12,15H,1-10H2. The van der Waals surface area contributed by atoms with Gasteiger partial charge in [0.1, 0.15) is 6.04 Å². The van der Waals surface area contributed by atoms with Crippen LogP contribution in [0, 0.1) is 0 Å². The zero-order valence-corrected chi connectivity index (χ0v) is 11.4. The minimum absolute atomic E-state index is 0.138. The normalized spacial score (nSPS) is 31.8. The monoisotopic (exact) mass is 265 g/mol. The number of nitrogens with zero attached hydrogens (tertiary/aromatic N) is 2. The van der Waals surface area contributed by atoms with Crippen LogP contribution >= 0.6 is 0 Å². The fourth-order valence-corrected chi connectivity index (χ4v) is 3.54. The maximum atomic E-state index is 12.3. The van der Waals surface area contributed by atoms with Crippen LogP contribution < -0.4 is 5.32 Å². The van der Waals surface area contributed by atoms with Crippen molar-refractivity contribution in [2.24, 2.45) is 0 Å². The number of fused-ring (bicyclic) bond motifs is 1. The molecule has 3 aliphatic rings.